The van der Waals surface area contributed by atoms with E-state index in [0.29, 0.717) is 26.2 Å². The van der Waals surface area contributed by atoms with E-state index < -0.39 is 15.6 Å². The summed E-state index contributed by atoms with van der Waals surface area (Å²) < 4.78 is 36.8. The third-order valence-electron chi connectivity index (χ3n) is 4.40. The summed E-state index contributed by atoms with van der Waals surface area (Å²) in [5.41, 5.74) is 6.52. The minimum atomic E-state index is -3.30. The highest BCUT2D eigenvalue weighted by Gasteiger charge is 2.56. The lowest BCUT2D eigenvalue weighted by Gasteiger charge is -2.54. The summed E-state index contributed by atoms with van der Waals surface area (Å²) in [7, 11) is -1.70. The Labute approximate surface area is 124 Å². The zero-order valence-electron chi connectivity index (χ0n) is 12.0. The van der Waals surface area contributed by atoms with Crippen LogP contribution in [0.1, 0.15) is 12.0 Å². The Hall–Kier alpha value is -1.15. The monoisotopic (exact) mass is 312 g/mol. The Morgan fingerprint density at radius 2 is 2.05 bits per heavy atom. The van der Waals surface area contributed by atoms with Crippen LogP contribution in [0.3, 0.4) is 0 Å². The van der Waals surface area contributed by atoms with E-state index in [4.69, 9.17) is 15.2 Å². The lowest BCUT2D eigenvalue weighted by Crippen LogP contribution is -2.74. The average Bonchev–Trinajstić information content (AvgIpc) is 2.42. The number of benzene rings is 1. The molecule has 0 radical (unpaired) electrons. The fraction of sp³-hybridized carbons (Fsp3) is 0.571. The maximum Gasteiger partial charge on any atom is 0.215 e. The van der Waals surface area contributed by atoms with Crippen molar-refractivity contribution >= 4 is 10.0 Å². The van der Waals surface area contributed by atoms with E-state index in [1.54, 1.807) is 11.4 Å². The predicted molar refractivity (Wildman–Crippen MR) is 78.5 cm³/mol. The van der Waals surface area contributed by atoms with E-state index in [0.717, 1.165) is 11.3 Å². The van der Waals surface area contributed by atoms with Crippen molar-refractivity contribution in [3.63, 3.8) is 0 Å². The van der Waals surface area contributed by atoms with Gasteiger partial charge in [-0.05, 0) is 24.1 Å². The van der Waals surface area contributed by atoms with Gasteiger partial charge in [0, 0.05) is 12.6 Å². The fourth-order valence-electron chi connectivity index (χ4n) is 2.94. The minimum absolute atomic E-state index is 0.103. The van der Waals surface area contributed by atoms with Gasteiger partial charge in [0.15, 0.2) is 0 Å². The molecule has 0 bridgehead atoms. The van der Waals surface area contributed by atoms with Crippen LogP contribution in [0.15, 0.2) is 24.3 Å². The van der Waals surface area contributed by atoms with Gasteiger partial charge in [0.05, 0.1) is 31.6 Å². The molecule has 116 valence electrons. The van der Waals surface area contributed by atoms with Gasteiger partial charge in [-0.15, -0.1) is 0 Å². The minimum Gasteiger partial charge on any atom is -0.497 e. The van der Waals surface area contributed by atoms with Gasteiger partial charge in [0.1, 0.15) is 5.75 Å². The molecule has 0 saturated carbocycles. The molecule has 7 heteroatoms. The lowest BCUT2D eigenvalue weighted by molar-refractivity contribution is -0.130. The highest BCUT2D eigenvalue weighted by atomic mass is 32.2. The van der Waals surface area contributed by atoms with E-state index in [2.05, 4.69) is 0 Å². The van der Waals surface area contributed by atoms with Crippen LogP contribution in [0.25, 0.3) is 0 Å². The topological polar surface area (TPSA) is 81.9 Å². The lowest BCUT2D eigenvalue weighted by atomic mass is 9.86. The first-order valence-electron chi connectivity index (χ1n) is 6.95. The smallest absolute Gasteiger partial charge is 0.215 e. The number of hydrogen-bond acceptors (Lipinski definition) is 5. The van der Waals surface area contributed by atoms with Crippen molar-refractivity contribution in [2.24, 2.45) is 5.73 Å². The van der Waals surface area contributed by atoms with Gasteiger partial charge >= 0.3 is 0 Å². The van der Waals surface area contributed by atoms with Crippen molar-refractivity contribution in [2.45, 2.75) is 24.5 Å². The van der Waals surface area contributed by atoms with Gasteiger partial charge in [0.25, 0.3) is 0 Å². The molecule has 0 amide bonds. The van der Waals surface area contributed by atoms with Crippen molar-refractivity contribution < 1.29 is 17.9 Å². The van der Waals surface area contributed by atoms with Gasteiger partial charge < -0.3 is 15.2 Å². The third kappa shape index (κ3) is 2.44. The molecule has 6 nitrogen and oxygen atoms in total. The normalized spacial score (nSPS) is 27.2. The third-order valence-corrected chi connectivity index (χ3v) is 6.31. The Balaban J connectivity index is 1.89. The SMILES string of the molecule is COc1ccc(CN2C3(COC3)C(N)CCS2(=O)=O)cc1. The number of nitrogens with zero attached hydrogens (tertiary/aromatic N) is 1. The molecule has 2 aliphatic rings. The van der Waals surface area contributed by atoms with E-state index >= 15 is 0 Å². The Morgan fingerprint density at radius 3 is 2.57 bits per heavy atom. The molecule has 1 aromatic rings. The number of sulfonamides is 1. The molecule has 1 spiro atoms. The molecule has 0 aromatic heterocycles. The molecule has 21 heavy (non-hydrogen) atoms. The summed E-state index contributed by atoms with van der Waals surface area (Å²) >= 11 is 0. The second-order valence-electron chi connectivity index (χ2n) is 5.66. The molecule has 1 unspecified atom stereocenters. The maximum absolute atomic E-state index is 12.5. The summed E-state index contributed by atoms with van der Waals surface area (Å²) in [6.45, 7) is 1.08. The van der Waals surface area contributed by atoms with E-state index in [9.17, 15) is 8.42 Å². The highest BCUT2D eigenvalue weighted by Crippen LogP contribution is 2.37. The predicted octanol–water partition coefficient (Wildman–Crippen LogP) is 0.327. The zero-order chi connectivity index (χ0) is 15.1. The second-order valence-corrected chi connectivity index (χ2v) is 7.68. The standard InChI is InChI=1S/C14H20N2O4S/c1-19-12-4-2-11(3-5-12)8-16-14(9-20-10-14)13(15)6-7-21(16,17)18/h2-5,13H,6-10,15H2,1H3. The number of ether oxygens (including phenoxy) is 2. The first kappa shape index (κ1) is 14.8. The summed E-state index contributed by atoms with van der Waals surface area (Å²) in [4.78, 5) is 0. The number of methoxy groups -OCH3 is 1. The molecular weight excluding hydrogens is 292 g/mol. The Bertz CT molecular complexity index is 610. The van der Waals surface area contributed by atoms with Crippen LogP contribution in [-0.4, -0.2) is 50.4 Å². The zero-order valence-corrected chi connectivity index (χ0v) is 12.8. The molecule has 2 aliphatic heterocycles. The fourth-order valence-corrected chi connectivity index (χ4v) is 4.85. The number of hydrogen-bond donors (Lipinski definition) is 1. The van der Waals surface area contributed by atoms with Crippen molar-refractivity contribution in [3.05, 3.63) is 29.8 Å². The van der Waals surface area contributed by atoms with Crippen LogP contribution < -0.4 is 10.5 Å². The van der Waals surface area contributed by atoms with Crippen LogP contribution >= 0.6 is 0 Å². The molecule has 0 aliphatic carbocycles. The van der Waals surface area contributed by atoms with Crippen LogP contribution in [0.2, 0.25) is 0 Å². The molecule has 2 fully saturated rings. The van der Waals surface area contributed by atoms with E-state index in [-0.39, 0.29) is 11.8 Å². The first-order valence-corrected chi connectivity index (χ1v) is 8.56. The summed E-state index contributed by atoms with van der Waals surface area (Å²) in [6, 6.07) is 7.24. The van der Waals surface area contributed by atoms with Gasteiger partial charge in [-0.3, -0.25) is 0 Å². The molecule has 2 N–H and O–H groups in total. The van der Waals surface area contributed by atoms with E-state index in [1.807, 2.05) is 24.3 Å². The van der Waals surface area contributed by atoms with Crippen molar-refractivity contribution in [1.29, 1.82) is 0 Å². The van der Waals surface area contributed by atoms with Crippen LogP contribution in [0.5, 0.6) is 5.75 Å². The number of rotatable bonds is 3. The molecule has 3 rings (SSSR count). The summed E-state index contributed by atoms with van der Waals surface area (Å²) in [5, 5.41) is 0. The summed E-state index contributed by atoms with van der Waals surface area (Å²) in [6.07, 6.45) is 0.491. The van der Waals surface area contributed by atoms with E-state index in [1.165, 1.54) is 0 Å². The van der Waals surface area contributed by atoms with Gasteiger partial charge in [0.2, 0.25) is 10.0 Å². The van der Waals surface area contributed by atoms with Crippen molar-refractivity contribution in [1.82, 2.24) is 4.31 Å². The molecule has 1 aromatic carbocycles. The van der Waals surface area contributed by atoms with Crippen LogP contribution in [0, 0.1) is 0 Å². The van der Waals surface area contributed by atoms with Crippen LogP contribution in [0.4, 0.5) is 0 Å². The van der Waals surface area contributed by atoms with Crippen molar-refractivity contribution in [2.75, 3.05) is 26.1 Å². The summed E-state index contributed by atoms with van der Waals surface area (Å²) in [5.74, 6) is 0.852. The van der Waals surface area contributed by atoms with Crippen molar-refractivity contribution in [3.8, 4) is 5.75 Å². The number of nitrogens with two attached hydrogens (primary N) is 1. The second kappa shape index (κ2) is 5.24. The van der Waals surface area contributed by atoms with Crippen LogP contribution in [-0.2, 0) is 21.3 Å². The molecule has 1 atom stereocenters. The highest BCUT2D eigenvalue weighted by molar-refractivity contribution is 7.89. The maximum atomic E-state index is 12.5. The molecular formula is C14H20N2O4S. The largest absolute Gasteiger partial charge is 0.497 e. The van der Waals surface area contributed by atoms with Gasteiger partial charge in [-0.2, -0.15) is 4.31 Å². The molecule has 2 heterocycles. The quantitative estimate of drug-likeness (QED) is 0.869. The van der Waals surface area contributed by atoms with Gasteiger partial charge in [-0.25, -0.2) is 8.42 Å². The molecule has 2 saturated heterocycles. The first-order chi connectivity index (χ1) is 9.98. The average molecular weight is 312 g/mol. The Kier molecular flexibility index (Phi) is 3.69. The van der Waals surface area contributed by atoms with Gasteiger partial charge in [-0.1, -0.05) is 12.1 Å². The Morgan fingerprint density at radius 1 is 1.38 bits per heavy atom.